The molecule has 0 spiro atoms. The minimum atomic E-state index is -0.125. The van der Waals surface area contributed by atoms with Crippen molar-refractivity contribution < 1.29 is 9.59 Å². The molecule has 2 aromatic heterocycles. The first-order valence-electron chi connectivity index (χ1n) is 6.18. The Morgan fingerprint density at radius 3 is 3.00 bits per heavy atom. The number of carbonyl (C=O) groups is 2. The van der Waals surface area contributed by atoms with Gasteiger partial charge in [-0.05, 0) is 19.1 Å². The molecule has 0 aromatic carbocycles. The quantitative estimate of drug-likeness (QED) is 0.792. The first-order chi connectivity index (χ1) is 9.19. The predicted molar refractivity (Wildman–Crippen MR) is 68.5 cm³/mol. The highest BCUT2D eigenvalue weighted by atomic mass is 16.2. The van der Waals surface area contributed by atoms with E-state index in [9.17, 15) is 9.59 Å². The maximum atomic E-state index is 12.3. The second-order valence-electron chi connectivity index (χ2n) is 4.54. The van der Waals surface area contributed by atoms with Crippen LogP contribution in [0, 0.1) is 0 Å². The Bertz CT molecular complexity index is 649. The summed E-state index contributed by atoms with van der Waals surface area (Å²) in [5.74, 6) is -0.126. The number of fused-ring (bicyclic) bond motifs is 1. The maximum Gasteiger partial charge on any atom is 0.257 e. The minimum absolute atomic E-state index is 0.000408. The molecule has 1 saturated heterocycles. The number of aromatic nitrogens is 2. The second-order valence-corrected chi connectivity index (χ2v) is 4.54. The van der Waals surface area contributed by atoms with Gasteiger partial charge in [-0.1, -0.05) is 0 Å². The van der Waals surface area contributed by atoms with Gasteiger partial charge in [-0.25, -0.2) is 4.98 Å². The van der Waals surface area contributed by atoms with Crippen molar-refractivity contribution in [3.63, 3.8) is 0 Å². The number of amides is 2. The minimum Gasteiger partial charge on any atom is -0.324 e. The average Bonchev–Trinajstić information content (AvgIpc) is 3.02. The van der Waals surface area contributed by atoms with E-state index in [1.807, 2.05) is 13.0 Å². The van der Waals surface area contributed by atoms with Gasteiger partial charge in [-0.15, -0.1) is 0 Å². The van der Waals surface area contributed by atoms with Crippen LogP contribution in [0.15, 0.2) is 30.9 Å². The first kappa shape index (κ1) is 11.7. The highest BCUT2D eigenvalue weighted by Gasteiger charge is 2.30. The lowest BCUT2D eigenvalue weighted by atomic mass is 10.2. The predicted octanol–water partition coefficient (Wildman–Crippen LogP) is 0.596. The molecule has 0 unspecified atom stereocenters. The Morgan fingerprint density at radius 1 is 1.42 bits per heavy atom. The Kier molecular flexibility index (Phi) is 2.70. The highest BCUT2D eigenvalue weighted by Crippen LogP contribution is 2.13. The molecular weight excluding hydrogens is 244 g/mol. The molecule has 3 heterocycles. The smallest absolute Gasteiger partial charge is 0.257 e. The molecule has 19 heavy (non-hydrogen) atoms. The van der Waals surface area contributed by atoms with Crippen molar-refractivity contribution in [2.75, 3.05) is 19.8 Å². The van der Waals surface area contributed by atoms with E-state index >= 15 is 0 Å². The van der Waals surface area contributed by atoms with Crippen LogP contribution in [0.3, 0.4) is 0 Å². The van der Waals surface area contributed by atoms with E-state index in [1.54, 1.807) is 39.0 Å². The van der Waals surface area contributed by atoms with Crippen molar-refractivity contribution in [3.05, 3.63) is 36.4 Å². The third-order valence-electron chi connectivity index (χ3n) is 3.34. The number of likely N-dealkylation sites (N-methyl/N-ethyl adjacent to an activating group) is 1. The standard InChI is InChI=1S/C13H14N4O2/c1-2-15-9-17(7-12(15)18)13(19)10-3-4-11-5-14-8-16(11)6-10/h3-6,8H,2,7,9H2,1H3. The van der Waals surface area contributed by atoms with Crippen LogP contribution in [0.2, 0.25) is 0 Å². The van der Waals surface area contributed by atoms with E-state index in [2.05, 4.69) is 4.98 Å². The largest absolute Gasteiger partial charge is 0.324 e. The fourth-order valence-corrected chi connectivity index (χ4v) is 2.24. The summed E-state index contributed by atoms with van der Waals surface area (Å²) in [5.41, 5.74) is 1.50. The third kappa shape index (κ3) is 1.95. The van der Waals surface area contributed by atoms with E-state index in [4.69, 9.17) is 0 Å². The van der Waals surface area contributed by atoms with Crippen molar-refractivity contribution in [2.24, 2.45) is 0 Å². The lowest BCUT2D eigenvalue weighted by Crippen LogP contribution is -2.31. The monoisotopic (exact) mass is 258 g/mol. The van der Waals surface area contributed by atoms with Crippen LogP contribution < -0.4 is 0 Å². The molecular formula is C13H14N4O2. The Hall–Kier alpha value is -2.37. The average molecular weight is 258 g/mol. The van der Waals surface area contributed by atoms with Gasteiger partial charge in [0.2, 0.25) is 5.91 Å². The molecule has 3 rings (SSSR count). The van der Waals surface area contributed by atoms with Gasteiger partial charge in [0.25, 0.3) is 5.91 Å². The van der Waals surface area contributed by atoms with Gasteiger partial charge in [-0.3, -0.25) is 9.59 Å². The molecule has 0 atom stereocenters. The molecule has 6 heteroatoms. The topological polar surface area (TPSA) is 57.9 Å². The maximum absolute atomic E-state index is 12.3. The number of hydrogen-bond acceptors (Lipinski definition) is 3. The molecule has 0 aliphatic carbocycles. The summed E-state index contributed by atoms with van der Waals surface area (Å²) in [7, 11) is 0. The fraction of sp³-hybridized carbons (Fsp3) is 0.308. The van der Waals surface area contributed by atoms with E-state index in [0.717, 1.165) is 5.52 Å². The van der Waals surface area contributed by atoms with Crippen molar-refractivity contribution in [3.8, 4) is 0 Å². The van der Waals surface area contributed by atoms with Crippen molar-refractivity contribution in [1.82, 2.24) is 19.2 Å². The van der Waals surface area contributed by atoms with Crippen LogP contribution >= 0.6 is 0 Å². The number of carbonyl (C=O) groups excluding carboxylic acids is 2. The molecule has 0 bridgehead atoms. The molecule has 98 valence electrons. The number of rotatable bonds is 2. The third-order valence-corrected chi connectivity index (χ3v) is 3.34. The van der Waals surface area contributed by atoms with Gasteiger partial charge >= 0.3 is 0 Å². The Labute approximate surface area is 110 Å². The summed E-state index contributed by atoms with van der Waals surface area (Å²) in [6.45, 7) is 3.07. The zero-order valence-corrected chi connectivity index (χ0v) is 10.6. The van der Waals surface area contributed by atoms with Gasteiger partial charge in [0.15, 0.2) is 0 Å². The van der Waals surface area contributed by atoms with Crippen molar-refractivity contribution in [2.45, 2.75) is 6.92 Å². The molecule has 1 aliphatic heterocycles. The zero-order chi connectivity index (χ0) is 13.4. The van der Waals surface area contributed by atoms with Crippen LogP contribution in [0.25, 0.3) is 5.52 Å². The van der Waals surface area contributed by atoms with Crippen LogP contribution in [-0.4, -0.2) is 50.8 Å². The number of nitrogens with zero attached hydrogens (tertiary/aromatic N) is 4. The summed E-state index contributed by atoms with van der Waals surface area (Å²) in [6, 6.07) is 3.61. The summed E-state index contributed by atoms with van der Waals surface area (Å²) >= 11 is 0. The Morgan fingerprint density at radius 2 is 2.26 bits per heavy atom. The van der Waals surface area contributed by atoms with E-state index in [0.29, 0.717) is 18.8 Å². The number of hydrogen-bond donors (Lipinski definition) is 0. The second kappa shape index (κ2) is 4.38. The van der Waals surface area contributed by atoms with Crippen LogP contribution in [-0.2, 0) is 4.79 Å². The molecule has 0 N–H and O–H groups in total. The van der Waals surface area contributed by atoms with Gasteiger partial charge < -0.3 is 14.2 Å². The van der Waals surface area contributed by atoms with Gasteiger partial charge in [0, 0.05) is 12.7 Å². The Balaban J connectivity index is 1.85. The van der Waals surface area contributed by atoms with Gasteiger partial charge in [-0.2, -0.15) is 0 Å². The SMILES string of the molecule is CCN1CN(C(=O)c2ccc3cncn3c2)CC1=O. The van der Waals surface area contributed by atoms with Crippen LogP contribution in [0.5, 0.6) is 0 Å². The summed E-state index contributed by atoms with van der Waals surface area (Å²) in [6.07, 6.45) is 5.12. The lowest BCUT2D eigenvalue weighted by Gasteiger charge is -2.16. The molecule has 2 amide bonds. The van der Waals surface area contributed by atoms with Crippen LogP contribution in [0.4, 0.5) is 0 Å². The fourth-order valence-electron chi connectivity index (χ4n) is 2.24. The van der Waals surface area contributed by atoms with Crippen molar-refractivity contribution >= 4 is 17.3 Å². The van der Waals surface area contributed by atoms with Crippen LogP contribution in [0.1, 0.15) is 17.3 Å². The summed E-state index contributed by atoms with van der Waals surface area (Å²) in [4.78, 5) is 31.2. The number of pyridine rings is 1. The molecule has 1 aliphatic rings. The number of imidazole rings is 1. The molecule has 0 saturated carbocycles. The zero-order valence-electron chi connectivity index (χ0n) is 10.6. The summed E-state index contributed by atoms with van der Waals surface area (Å²) in [5, 5.41) is 0. The van der Waals surface area contributed by atoms with E-state index in [1.165, 1.54) is 0 Å². The molecule has 1 fully saturated rings. The normalized spacial score (nSPS) is 15.5. The van der Waals surface area contributed by atoms with E-state index in [-0.39, 0.29) is 18.4 Å². The lowest BCUT2D eigenvalue weighted by molar-refractivity contribution is -0.126. The van der Waals surface area contributed by atoms with Crippen molar-refractivity contribution in [1.29, 1.82) is 0 Å². The molecule has 2 aromatic rings. The van der Waals surface area contributed by atoms with Gasteiger partial charge in [0.05, 0.1) is 30.3 Å². The molecule has 6 nitrogen and oxygen atoms in total. The first-order valence-corrected chi connectivity index (χ1v) is 6.18. The van der Waals surface area contributed by atoms with E-state index < -0.39 is 0 Å². The molecule has 0 radical (unpaired) electrons. The van der Waals surface area contributed by atoms with Gasteiger partial charge in [0.1, 0.15) is 6.54 Å². The highest BCUT2D eigenvalue weighted by molar-refractivity contribution is 5.98. The summed E-state index contributed by atoms with van der Waals surface area (Å²) < 4.78 is 1.79.